The fourth-order valence-corrected chi connectivity index (χ4v) is 5.51. The summed E-state index contributed by atoms with van der Waals surface area (Å²) in [6.07, 6.45) is 5.64. The van der Waals surface area contributed by atoms with Gasteiger partial charge in [0.25, 0.3) is 0 Å². The third-order valence-electron chi connectivity index (χ3n) is 5.72. The van der Waals surface area contributed by atoms with Crippen molar-refractivity contribution < 1.29 is 13.2 Å². The zero-order valence-electron chi connectivity index (χ0n) is 14.5. The van der Waals surface area contributed by atoms with Crippen molar-refractivity contribution in [2.24, 2.45) is 5.92 Å². The predicted octanol–water partition coefficient (Wildman–Crippen LogP) is 0.743. The topological polar surface area (TPSA) is 60.9 Å². The van der Waals surface area contributed by atoms with Crippen molar-refractivity contribution in [2.45, 2.75) is 51.1 Å². The molecule has 1 aliphatic carbocycles. The molecule has 1 amide bonds. The van der Waals surface area contributed by atoms with Gasteiger partial charge in [-0.15, -0.1) is 0 Å². The number of fused-ring (bicyclic) bond motifs is 1. The maximum Gasteiger partial charge on any atom is 0.225 e. The van der Waals surface area contributed by atoms with Crippen LogP contribution in [0.1, 0.15) is 39.5 Å². The summed E-state index contributed by atoms with van der Waals surface area (Å²) >= 11 is 0. The molecule has 6 nitrogen and oxygen atoms in total. The normalized spacial score (nSPS) is 30.4. The number of hydrogen-bond acceptors (Lipinski definition) is 4. The molecule has 3 aliphatic rings. The molecule has 0 radical (unpaired) electrons. The van der Waals surface area contributed by atoms with E-state index in [1.54, 1.807) is 4.31 Å². The highest BCUT2D eigenvalue weighted by Gasteiger charge is 2.45. The summed E-state index contributed by atoms with van der Waals surface area (Å²) in [6.45, 7) is 7.50. The molecule has 1 atom stereocenters. The summed E-state index contributed by atoms with van der Waals surface area (Å²) in [4.78, 5) is 17.1. The number of sulfonamides is 1. The highest BCUT2D eigenvalue weighted by atomic mass is 32.2. The Bertz CT molecular complexity index is 569. The van der Waals surface area contributed by atoms with E-state index >= 15 is 0 Å². The van der Waals surface area contributed by atoms with Gasteiger partial charge in [-0.05, 0) is 26.7 Å². The highest BCUT2D eigenvalue weighted by Crippen LogP contribution is 2.31. The fourth-order valence-electron chi connectivity index (χ4n) is 4.51. The molecule has 0 unspecified atom stereocenters. The van der Waals surface area contributed by atoms with Crippen molar-refractivity contribution in [3.63, 3.8) is 0 Å². The van der Waals surface area contributed by atoms with Gasteiger partial charge < -0.3 is 4.90 Å². The Morgan fingerprint density at radius 2 is 1.74 bits per heavy atom. The minimum absolute atomic E-state index is 0.104. The van der Waals surface area contributed by atoms with Gasteiger partial charge >= 0.3 is 0 Å². The molecule has 0 aromatic heterocycles. The average molecular weight is 343 g/mol. The lowest BCUT2D eigenvalue weighted by Crippen LogP contribution is -2.70. The summed E-state index contributed by atoms with van der Waals surface area (Å²) in [5, 5.41) is 0. The highest BCUT2D eigenvalue weighted by molar-refractivity contribution is 7.88. The van der Waals surface area contributed by atoms with Crippen LogP contribution in [0.4, 0.5) is 0 Å². The van der Waals surface area contributed by atoms with Crippen LogP contribution in [0.2, 0.25) is 0 Å². The van der Waals surface area contributed by atoms with Gasteiger partial charge in [-0.3, -0.25) is 9.69 Å². The van der Waals surface area contributed by atoms with Crippen molar-refractivity contribution in [1.82, 2.24) is 14.1 Å². The maximum absolute atomic E-state index is 12.7. The summed E-state index contributed by atoms with van der Waals surface area (Å²) in [5.41, 5.74) is -0.186. The number of piperazine rings is 2. The Hall–Kier alpha value is -0.660. The molecule has 132 valence electrons. The van der Waals surface area contributed by atoms with Gasteiger partial charge in [0.15, 0.2) is 0 Å². The molecular formula is C16H29N3O3S. The standard InChI is InChI=1S/C16H29N3O3S/c1-16(2)12-18(23(3,21)22)11-14-10-17(8-9-19(14)16)15(20)13-6-4-5-7-13/h13-14H,4-12H2,1-3H3/t14-/m0/s1. The van der Waals surface area contributed by atoms with Crippen molar-refractivity contribution in [1.29, 1.82) is 0 Å². The molecule has 2 saturated heterocycles. The Balaban J connectivity index is 1.73. The van der Waals surface area contributed by atoms with Gasteiger partial charge in [-0.1, -0.05) is 12.8 Å². The molecular weight excluding hydrogens is 314 g/mol. The third kappa shape index (κ3) is 3.42. The quantitative estimate of drug-likeness (QED) is 0.742. The molecule has 7 heteroatoms. The Labute approximate surface area is 139 Å². The molecule has 3 fully saturated rings. The van der Waals surface area contributed by atoms with Crippen LogP contribution in [-0.4, -0.2) is 79.0 Å². The van der Waals surface area contributed by atoms with Crippen LogP contribution in [0.15, 0.2) is 0 Å². The van der Waals surface area contributed by atoms with E-state index < -0.39 is 10.0 Å². The second-order valence-electron chi connectivity index (χ2n) is 7.98. The van der Waals surface area contributed by atoms with E-state index in [1.165, 1.54) is 6.26 Å². The first-order chi connectivity index (χ1) is 10.7. The van der Waals surface area contributed by atoms with E-state index in [1.807, 2.05) is 4.90 Å². The van der Waals surface area contributed by atoms with Crippen molar-refractivity contribution in [2.75, 3.05) is 39.0 Å². The predicted molar refractivity (Wildman–Crippen MR) is 89.5 cm³/mol. The van der Waals surface area contributed by atoms with Gasteiger partial charge in [-0.2, -0.15) is 4.31 Å². The Morgan fingerprint density at radius 1 is 1.09 bits per heavy atom. The molecule has 2 heterocycles. The van der Waals surface area contributed by atoms with E-state index in [2.05, 4.69) is 18.7 Å². The van der Waals surface area contributed by atoms with Gasteiger partial charge in [-0.25, -0.2) is 8.42 Å². The fraction of sp³-hybridized carbons (Fsp3) is 0.938. The first kappa shape index (κ1) is 17.2. The zero-order valence-corrected chi connectivity index (χ0v) is 15.3. The smallest absolute Gasteiger partial charge is 0.225 e. The lowest BCUT2D eigenvalue weighted by molar-refractivity contribution is -0.141. The lowest BCUT2D eigenvalue weighted by Gasteiger charge is -2.55. The first-order valence-corrected chi connectivity index (χ1v) is 10.5. The van der Waals surface area contributed by atoms with Crippen LogP contribution in [0, 0.1) is 5.92 Å². The molecule has 2 aliphatic heterocycles. The van der Waals surface area contributed by atoms with Gasteiger partial charge in [0.1, 0.15) is 0 Å². The second-order valence-corrected chi connectivity index (χ2v) is 9.96. The van der Waals surface area contributed by atoms with Crippen LogP contribution in [0.5, 0.6) is 0 Å². The van der Waals surface area contributed by atoms with E-state index in [4.69, 9.17) is 0 Å². The molecule has 0 N–H and O–H groups in total. The molecule has 0 aromatic rings. The Kier molecular flexibility index (Phi) is 4.48. The number of rotatable bonds is 2. The monoisotopic (exact) mass is 343 g/mol. The zero-order chi connectivity index (χ0) is 16.8. The number of nitrogens with zero attached hydrogens (tertiary/aromatic N) is 3. The maximum atomic E-state index is 12.7. The van der Waals surface area contributed by atoms with Crippen LogP contribution in [0.25, 0.3) is 0 Å². The van der Waals surface area contributed by atoms with Gasteiger partial charge in [0.05, 0.1) is 6.26 Å². The second kappa shape index (κ2) is 6.01. The minimum atomic E-state index is -3.20. The number of carbonyl (C=O) groups is 1. The average Bonchev–Trinajstić information content (AvgIpc) is 2.98. The van der Waals surface area contributed by atoms with E-state index in [-0.39, 0.29) is 23.4 Å². The van der Waals surface area contributed by atoms with Crippen LogP contribution in [0.3, 0.4) is 0 Å². The SMILES string of the molecule is CC1(C)CN(S(C)(=O)=O)C[C@@H]2CN(C(=O)C3CCCC3)CCN21. The van der Waals surface area contributed by atoms with Crippen molar-refractivity contribution >= 4 is 15.9 Å². The van der Waals surface area contributed by atoms with Crippen LogP contribution >= 0.6 is 0 Å². The molecule has 23 heavy (non-hydrogen) atoms. The van der Waals surface area contributed by atoms with Crippen molar-refractivity contribution in [3.05, 3.63) is 0 Å². The summed E-state index contributed by atoms with van der Waals surface area (Å²) < 4.78 is 25.6. The van der Waals surface area contributed by atoms with E-state index in [0.717, 1.165) is 38.8 Å². The molecule has 0 bridgehead atoms. The lowest BCUT2D eigenvalue weighted by atomic mass is 9.93. The molecule has 3 rings (SSSR count). The van der Waals surface area contributed by atoms with Gasteiger partial charge in [0, 0.05) is 50.2 Å². The third-order valence-corrected chi connectivity index (χ3v) is 6.94. The number of carbonyl (C=O) groups excluding carboxylic acids is 1. The van der Waals surface area contributed by atoms with Crippen LogP contribution in [-0.2, 0) is 14.8 Å². The van der Waals surface area contributed by atoms with Crippen molar-refractivity contribution in [3.8, 4) is 0 Å². The molecule has 0 spiro atoms. The minimum Gasteiger partial charge on any atom is -0.340 e. The molecule has 0 aromatic carbocycles. The largest absolute Gasteiger partial charge is 0.340 e. The summed E-state index contributed by atoms with van der Waals surface area (Å²) in [7, 11) is -3.20. The Morgan fingerprint density at radius 3 is 2.35 bits per heavy atom. The number of hydrogen-bond donors (Lipinski definition) is 0. The first-order valence-electron chi connectivity index (χ1n) is 8.69. The summed E-state index contributed by atoms with van der Waals surface area (Å²) in [6, 6.07) is 0.104. The van der Waals surface area contributed by atoms with E-state index in [9.17, 15) is 13.2 Å². The summed E-state index contributed by atoms with van der Waals surface area (Å²) in [5.74, 6) is 0.487. The van der Waals surface area contributed by atoms with Gasteiger partial charge in [0.2, 0.25) is 15.9 Å². The van der Waals surface area contributed by atoms with Crippen LogP contribution < -0.4 is 0 Å². The molecule has 1 saturated carbocycles. The van der Waals surface area contributed by atoms with E-state index in [0.29, 0.717) is 19.6 Å². The number of amides is 1.